The third-order valence-corrected chi connectivity index (χ3v) is 3.19. The molecule has 1 saturated heterocycles. The van der Waals surface area contributed by atoms with E-state index in [0.29, 0.717) is 5.92 Å². The van der Waals surface area contributed by atoms with Gasteiger partial charge < -0.3 is 10.0 Å². The number of anilines is 1. The molecule has 2 atom stereocenters. The van der Waals surface area contributed by atoms with Crippen molar-refractivity contribution in [3.8, 4) is 0 Å². The highest BCUT2D eigenvalue weighted by atomic mass is 16.3. The van der Waals surface area contributed by atoms with Crippen LogP contribution in [-0.2, 0) is 0 Å². The lowest BCUT2D eigenvalue weighted by atomic mass is 10.0. The molecule has 2 rings (SSSR count). The fourth-order valence-corrected chi connectivity index (χ4v) is 2.18. The Morgan fingerprint density at radius 3 is 3.00 bits per heavy atom. The number of aromatic nitrogens is 1. The Labute approximate surface area is 90.8 Å². The third kappa shape index (κ3) is 2.12. The predicted octanol–water partition coefficient (Wildman–Crippen LogP) is 1.60. The van der Waals surface area contributed by atoms with E-state index in [1.807, 2.05) is 19.2 Å². The van der Waals surface area contributed by atoms with E-state index in [4.69, 9.17) is 0 Å². The second kappa shape index (κ2) is 4.19. The molecule has 3 nitrogen and oxygen atoms in total. The van der Waals surface area contributed by atoms with Crippen LogP contribution in [0.25, 0.3) is 0 Å². The van der Waals surface area contributed by atoms with Crippen LogP contribution in [0.1, 0.15) is 18.9 Å². The molecule has 1 fully saturated rings. The molecule has 0 aromatic carbocycles. The zero-order valence-electron chi connectivity index (χ0n) is 9.35. The van der Waals surface area contributed by atoms with Crippen molar-refractivity contribution in [2.75, 3.05) is 18.0 Å². The molecule has 1 aliphatic heterocycles. The van der Waals surface area contributed by atoms with Gasteiger partial charge in [0.05, 0.1) is 6.10 Å². The zero-order chi connectivity index (χ0) is 10.8. The van der Waals surface area contributed by atoms with Gasteiger partial charge in [-0.2, -0.15) is 0 Å². The van der Waals surface area contributed by atoms with Crippen LogP contribution >= 0.6 is 0 Å². The van der Waals surface area contributed by atoms with E-state index in [1.54, 1.807) is 0 Å². The lowest BCUT2D eigenvalue weighted by Crippen LogP contribution is -2.25. The molecule has 0 aliphatic carbocycles. The summed E-state index contributed by atoms with van der Waals surface area (Å²) in [5.74, 6) is 1.46. The highest BCUT2D eigenvalue weighted by Crippen LogP contribution is 2.26. The van der Waals surface area contributed by atoms with E-state index in [-0.39, 0.29) is 6.10 Å². The molecule has 0 saturated carbocycles. The Bertz CT molecular complexity index is 338. The number of aliphatic hydroxyl groups is 1. The molecule has 3 heteroatoms. The van der Waals surface area contributed by atoms with Gasteiger partial charge >= 0.3 is 0 Å². The molecule has 0 amide bonds. The molecule has 82 valence electrons. The van der Waals surface area contributed by atoms with Crippen LogP contribution in [0.3, 0.4) is 0 Å². The van der Waals surface area contributed by atoms with Crippen LogP contribution in [0.4, 0.5) is 5.82 Å². The summed E-state index contributed by atoms with van der Waals surface area (Å²) < 4.78 is 0. The highest BCUT2D eigenvalue weighted by molar-refractivity contribution is 5.46. The number of aliphatic hydroxyl groups excluding tert-OH is 1. The summed E-state index contributed by atoms with van der Waals surface area (Å²) in [5, 5.41) is 9.54. The van der Waals surface area contributed by atoms with Crippen molar-refractivity contribution in [2.24, 2.45) is 5.92 Å². The topological polar surface area (TPSA) is 36.4 Å². The third-order valence-electron chi connectivity index (χ3n) is 3.19. The van der Waals surface area contributed by atoms with Crippen LogP contribution in [0, 0.1) is 12.8 Å². The normalized spacial score (nSPS) is 23.1. The first-order valence-electron chi connectivity index (χ1n) is 5.53. The Kier molecular flexibility index (Phi) is 2.91. The van der Waals surface area contributed by atoms with Crippen LogP contribution < -0.4 is 4.90 Å². The van der Waals surface area contributed by atoms with E-state index in [9.17, 15) is 5.11 Å². The Balaban J connectivity index is 2.11. The minimum atomic E-state index is -0.209. The van der Waals surface area contributed by atoms with Gasteiger partial charge in [-0.15, -0.1) is 0 Å². The summed E-state index contributed by atoms with van der Waals surface area (Å²) in [6.07, 6.45) is 2.69. The van der Waals surface area contributed by atoms with E-state index in [1.165, 1.54) is 5.56 Å². The van der Waals surface area contributed by atoms with Crippen LogP contribution in [0.5, 0.6) is 0 Å². The maximum atomic E-state index is 9.54. The number of rotatable bonds is 2. The molecule has 1 aromatic heterocycles. The maximum absolute atomic E-state index is 9.54. The van der Waals surface area contributed by atoms with Gasteiger partial charge in [0.2, 0.25) is 0 Å². The summed E-state index contributed by atoms with van der Waals surface area (Å²) in [4.78, 5) is 6.67. The quantitative estimate of drug-likeness (QED) is 0.798. The van der Waals surface area contributed by atoms with Crippen molar-refractivity contribution >= 4 is 5.82 Å². The van der Waals surface area contributed by atoms with Crippen molar-refractivity contribution in [3.05, 3.63) is 23.9 Å². The predicted molar refractivity (Wildman–Crippen MR) is 61.0 cm³/mol. The van der Waals surface area contributed by atoms with Gasteiger partial charge in [0.1, 0.15) is 5.82 Å². The molecule has 1 N–H and O–H groups in total. The van der Waals surface area contributed by atoms with Gasteiger partial charge in [-0.1, -0.05) is 6.07 Å². The van der Waals surface area contributed by atoms with Gasteiger partial charge in [-0.05, 0) is 31.9 Å². The molecule has 15 heavy (non-hydrogen) atoms. The average molecular weight is 206 g/mol. The van der Waals surface area contributed by atoms with Crippen LogP contribution in [-0.4, -0.2) is 29.3 Å². The van der Waals surface area contributed by atoms with Crippen molar-refractivity contribution in [1.29, 1.82) is 0 Å². The lowest BCUT2D eigenvalue weighted by molar-refractivity contribution is 0.136. The van der Waals surface area contributed by atoms with Crippen LogP contribution in [0.15, 0.2) is 18.3 Å². The number of hydrogen-bond donors (Lipinski definition) is 1. The van der Waals surface area contributed by atoms with Crippen molar-refractivity contribution in [1.82, 2.24) is 4.98 Å². The molecule has 0 radical (unpaired) electrons. The Hall–Kier alpha value is -1.09. The summed E-state index contributed by atoms with van der Waals surface area (Å²) >= 11 is 0. The molecule has 0 spiro atoms. The van der Waals surface area contributed by atoms with Gasteiger partial charge in [0.25, 0.3) is 0 Å². The first-order valence-corrected chi connectivity index (χ1v) is 5.53. The first-order chi connectivity index (χ1) is 7.18. The second-order valence-electron chi connectivity index (χ2n) is 4.38. The molecule has 1 aliphatic rings. The number of pyridine rings is 1. The van der Waals surface area contributed by atoms with Crippen molar-refractivity contribution in [2.45, 2.75) is 26.4 Å². The number of aryl methyl sites for hydroxylation is 1. The summed E-state index contributed by atoms with van der Waals surface area (Å²) in [6, 6.07) is 4.04. The molecular weight excluding hydrogens is 188 g/mol. The SMILES string of the molecule is Cc1cccnc1N1CCC(C(C)O)C1. The first kappa shape index (κ1) is 10.4. The molecular formula is C12H18N2O. The fourth-order valence-electron chi connectivity index (χ4n) is 2.18. The molecule has 2 heterocycles. The van der Waals surface area contributed by atoms with E-state index in [2.05, 4.69) is 22.9 Å². The van der Waals surface area contributed by atoms with Gasteiger partial charge in [0.15, 0.2) is 0 Å². The highest BCUT2D eigenvalue weighted by Gasteiger charge is 2.27. The zero-order valence-corrected chi connectivity index (χ0v) is 9.35. The van der Waals surface area contributed by atoms with Crippen LogP contribution in [0.2, 0.25) is 0 Å². The van der Waals surface area contributed by atoms with E-state index < -0.39 is 0 Å². The monoisotopic (exact) mass is 206 g/mol. The van der Waals surface area contributed by atoms with E-state index >= 15 is 0 Å². The van der Waals surface area contributed by atoms with Gasteiger partial charge in [-0.3, -0.25) is 0 Å². The average Bonchev–Trinajstić information content (AvgIpc) is 2.67. The minimum absolute atomic E-state index is 0.209. The van der Waals surface area contributed by atoms with Gasteiger partial charge in [-0.25, -0.2) is 4.98 Å². The largest absolute Gasteiger partial charge is 0.393 e. The minimum Gasteiger partial charge on any atom is -0.393 e. The standard InChI is InChI=1S/C12H18N2O/c1-9-4-3-6-13-12(9)14-7-5-11(8-14)10(2)15/h3-4,6,10-11,15H,5,7-8H2,1-2H3. The fraction of sp³-hybridized carbons (Fsp3) is 0.583. The molecule has 1 aromatic rings. The summed E-state index contributed by atoms with van der Waals surface area (Å²) in [5.41, 5.74) is 1.21. The summed E-state index contributed by atoms with van der Waals surface area (Å²) in [6.45, 7) is 5.89. The second-order valence-corrected chi connectivity index (χ2v) is 4.38. The molecule has 2 unspecified atom stereocenters. The van der Waals surface area contributed by atoms with E-state index in [0.717, 1.165) is 25.3 Å². The smallest absolute Gasteiger partial charge is 0.131 e. The number of hydrogen-bond acceptors (Lipinski definition) is 3. The lowest BCUT2D eigenvalue weighted by Gasteiger charge is -2.20. The van der Waals surface area contributed by atoms with Crippen molar-refractivity contribution in [3.63, 3.8) is 0 Å². The summed E-state index contributed by atoms with van der Waals surface area (Å²) in [7, 11) is 0. The Morgan fingerprint density at radius 1 is 1.60 bits per heavy atom. The number of nitrogens with zero attached hydrogens (tertiary/aromatic N) is 2. The Morgan fingerprint density at radius 2 is 2.40 bits per heavy atom. The van der Waals surface area contributed by atoms with Gasteiger partial charge in [0, 0.05) is 25.2 Å². The van der Waals surface area contributed by atoms with Crippen molar-refractivity contribution < 1.29 is 5.11 Å². The maximum Gasteiger partial charge on any atom is 0.131 e. The molecule has 0 bridgehead atoms.